The third-order valence-corrected chi connectivity index (χ3v) is 3.48. The third-order valence-electron chi connectivity index (χ3n) is 2.71. The van der Waals surface area contributed by atoms with Crippen LogP contribution in [0.4, 0.5) is 5.13 Å². The lowest BCUT2D eigenvalue weighted by atomic mass is 10.2. The average Bonchev–Trinajstić information content (AvgIpc) is 2.93. The van der Waals surface area contributed by atoms with Crippen LogP contribution in [0.1, 0.15) is 31.9 Å². The van der Waals surface area contributed by atoms with E-state index in [1.165, 1.54) is 11.3 Å². The monoisotopic (exact) mass is 255 g/mol. The van der Waals surface area contributed by atoms with Gasteiger partial charge in [-0.3, -0.25) is 14.9 Å². The number of anilines is 1. The van der Waals surface area contributed by atoms with E-state index in [-0.39, 0.29) is 5.91 Å². The second-order valence-electron chi connectivity index (χ2n) is 4.42. The Morgan fingerprint density at radius 3 is 2.88 bits per heavy atom. The highest BCUT2D eigenvalue weighted by Gasteiger charge is 2.53. The van der Waals surface area contributed by atoms with Crippen LogP contribution in [0, 0.1) is 16.0 Å². The molecule has 1 aliphatic rings. The molecule has 1 aliphatic carbocycles. The minimum Gasteiger partial charge on any atom is -0.301 e. The van der Waals surface area contributed by atoms with Gasteiger partial charge in [0.15, 0.2) is 5.13 Å². The smallest absolute Gasteiger partial charge is 0.236 e. The first kappa shape index (κ1) is 12.0. The molecule has 1 fully saturated rings. The second-order valence-corrected chi connectivity index (χ2v) is 5.27. The van der Waals surface area contributed by atoms with Gasteiger partial charge in [0.05, 0.1) is 5.69 Å². The lowest BCUT2D eigenvalue weighted by Gasteiger charge is -1.99. The van der Waals surface area contributed by atoms with E-state index < -0.39 is 16.9 Å². The molecule has 0 saturated heterocycles. The molecule has 2 rings (SSSR count). The standard InChI is InChI=1S/C10H13N3O3S/c1-5(2)7-4-17-10(11-7)12-9(14)6-3-8(6)13(15)16/h4-6,8H,3H2,1-2H3,(H,11,12,14)/t6-,8+/m1/s1. The fourth-order valence-electron chi connectivity index (χ4n) is 1.50. The van der Waals surface area contributed by atoms with Crippen molar-refractivity contribution in [3.63, 3.8) is 0 Å². The zero-order valence-electron chi connectivity index (χ0n) is 9.54. The number of nitro groups is 1. The van der Waals surface area contributed by atoms with E-state index in [1.807, 2.05) is 19.2 Å². The van der Waals surface area contributed by atoms with Gasteiger partial charge in [-0.2, -0.15) is 0 Å². The Hall–Kier alpha value is -1.50. The van der Waals surface area contributed by atoms with Gasteiger partial charge in [-0.05, 0) is 5.92 Å². The van der Waals surface area contributed by atoms with Crippen LogP contribution < -0.4 is 5.32 Å². The van der Waals surface area contributed by atoms with E-state index in [0.717, 1.165) is 5.69 Å². The number of carbonyl (C=O) groups is 1. The minimum absolute atomic E-state index is 0.295. The number of hydrogen-bond acceptors (Lipinski definition) is 5. The largest absolute Gasteiger partial charge is 0.301 e. The molecule has 0 aromatic carbocycles. The zero-order chi connectivity index (χ0) is 12.6. The topological polar surface area (TPSA) is 85.1 Å². The van der Waals surface area contributed by atoms with Crippen LogP contribution in [0.15, 0.2) is 5.38 Å². The predicted octanol–water partition coefficient (Wildman–Crippen LogP) is 1.87. The molecule has 0 radical (unpaired) electrons. The molecule has 6 nitrogen and oxygen atoms in total. The molecule has 2 atom stereocenters. The number of nitrogens with zero attached hydrogens (tertiary/aromatic N) is 2. The lowest BCUT2D eigenvalue weighted by Crippen LogP contribution is -2.18. The molecule has 1 heterocycles. The first-order valence-corrected chi connectivity index (χ1v) is 6.26. The van der Waals surface area contributed by atoms with Crippen LogP contribution >= 0.6 is 11.3 Å². The first-order chi connectivity index (χ1) is 7.99. The quantitative estimate of drug-likeness (QED) is 0.657. The van der Waals surface area contributed by atoms with Crippen molar-refractivity contribution >= 4 is 22.4 Å². The summed E-state index contributed by atoms with van der Waals surface area (Å²) in [5.74, 6) is -0.475. The Labute approximate surface area is 102 Å². The van der Waals surface area contributed by atoms with Crippen LogP contribution in [-0.4, -0.2) is 21.9 Å². The summed E-state index contributed by atoms with van der Waals surface area (Å²) in [4.78, 5) is 25.9. The van der Waals surface area contributed by atoms with Crippen molar-refractivity contribution in [3.8, 4) is 0 Å². The summed E-state index contributed by atoms with van der Waals surface area (Å²) in [6.07, 6.45) is 0.335. The van der Waals surface area contributed by atoms with Crippen LogP contribution in [0.3, 0.4) is 0 Å². The van der Waals surface area contributed by atoms with Crippen LogP contribution in [-0.2, 0) is 4.79 Å². The van der Waals surface area contributed by atoms with Crippen LogP contribution in [0.25, 0.3) is 0 Å². The van der Waals surface area contributed by atoms with Crippen LogP contribution in [0.2, 0.25) is 0 Å². The van der Waals surface area contributed by atoms with Gasteiger partial charge < -0.3 is 5.32 Å². The van der Waals surface area contributed by atoms with E-state index in [9.17, 15) is 14.9 Å². The van der Waals surface area contributed by atoms with Gasteiger partial charge in [-0.25, -0.2) is 4.98 Å². The highest BCUT2D eigenvalue weighted by atomic mass is 32.1. The summed E-state index contributed by atoms with van der Waals surface area (Å²) >= 11 is 1.35. The molecule has 1 N–H and O–H groups in total. The maximum Gasteiger partial charge on any atom is 0.236 e. The van der Waals surface area contributed by atoms with Crippen molar-refractivity contribution in [2.45, 2.75) is 32.2 Å². The molecule has 0 unspecified atom stereocenters. The fourth-order valence-corrected chi connectivity index (χ4v) is 2.38. The highest BCUT2D eigenvalue weighted by Crippen LogP contribution is 2.34. The summed E-state index contributed by atoms with van der Waals surface area (Å²) in [6, 6.07) is -0.709. The summed E-state index contributed by atoms with van der Waals surface area (Å²) in [5.41, 5.74) is 0.923. The maximum atomic E-state index is 11.6. The predicted molar refractivity (Wildman–Crippen MR) is 63.7 cm³/mol. The Kier molecular flexibility index (Phi) is 3.10. The lowest BCUT2D eigenvalue weighted by molar-refractivity contribution is -0.497. The van der Waals surface area contributed by atoms with E-state index in [4.69, 9.17) is 0 Å². The third kappa shape index (κ3) is 2.60. The molecule has 0 bridgehead atoms. The Morgan fingerprint density at radius 1 is 1.71 bits per heavy atom. The van der Waals surface area contributed by atoms with Gasteiger partial charge >= 0.3 is 0 Å². The maximum absolute atomic E-state index is 11.6. The molecular weight excluding hydrogens is 242 g/mol. The van der Waals surface area contributed by atoms with Gasteiger partial charge in [-0.1, -0.05) is 13.8 Å². The Balaban J connectivity index is 1.93. The molecular formula is C10H13N3O3S. The van der Waals surface area contributed by atoms with E-state index in [0.29, 0.717) is 17.5 Å². The van der Waals surface area contributed by atoms with Gasteiger partial charge in [0.25, 0.3) is 0 Å². The van der Waals surface area contributed by atoms with Gasteiger partial charge in [0, 0.05) is 16.7 Å². The highest BCUT2D eigenvalue weighted by molar-refractivity contribution is 7.13. The average molecular weight is 255 g/mol. The summed E-state index contributed by atoms with van der Waals surface area (Å²) < 4.78 is 0. The Morgan fingerprint density at radius 2 is 2.41 bits per heavy atom. The molecule has 1 aromatic heterocycles. The fraction of sp³-hybridized carbons (Fsp3) is 0.600. The molecule has 17 heavy (non-hydrogen) atoms. The molecule has 0 aliphatic heterocycles. The van der Waals surface area contributed by atoms with Gasteiger partial charge in [0.2, 0.25) is 11.9 Å². The summed E-state index contributed by atoms with van der Waals surface area (Å²) in [7, 11) is 0. The van der Waals surface area contributed by atoms with Crippen molar-refractivity contribution in [3.05, 3.63) is 21.2 Å². The summed E-state index contributed by atoms with van der Waals surface area (Å²) in [5, 5.41) is 15.5. The summed E-state index contributed by atoms with van der Waals surface area (Å²) in [6.45, 7) is 4.04. The van der Waals surface area contributed by atoms with Crippen molar-refractivity contribution < 1.29 is 9.72 Å². The first-order valence-electron chi connectivity index (χ1n) is 5.39. The minimum atomic E-state index is -0.709. The number of hydrogen-bond donors (Lipinski definition) is 1. The number of amides is 1. The van der Waals surface area contributed by atoms with Crippen molar-refractivity contribution in [1.82, 2.24) is 4.98 Å². The molecule has 1 saturated carbocycles. The molecule has 1 amide bonds. The number of nitrogens with one attached hydrogen (secondary N) is 1. The number of aromatic nitrogens is 1. The van der Waals surface area contributed by atoms with Gasteiger partial charge in [-0.15, -0.1) is 11.3 Å². The normalized spacial score (nSPS) is 22.5. The van der Waals surface area contributed by atoms with E-state index in [2.05, 4.69) is 10.3 Å². The zero-order valence-corrected chi connectivity index (χ0v) is 10.4. The van der Waals surface area contributed by atoms with E-state index >= 15 is 0 Å². The molecule has 0 spiro atoms. The molecule has 1 aromatic rings. The number of rotatable bonds is 4. The van der Waals surface area contributed by atoms with E-state index in [1.54, 1.807) is 0 Å². The van der Waals surface area contributed by atoms with Crippen LogP contribution in [0.5, 0.6) is 0 Å². The van der Waals surface area contributed by atoms with Crippen molar-refractivity contribution in [1.29, 1.82) is 0 Å². The van der Waals surface area contributed by atoms with Crippen molar-refractivity contribution in [2.24, 2.45) is 5.92 Å². The van der Waals surface area contributed by atoms with Crippen molar-refractivity contribution in [2.75, 3.05) is 5.32 Å². The molecule has 92 valence electrons. The van der Waals surface area contributed by atoms with Gasteiger partial charge in [0.1, 0.15) is 5.92 Å². The second kappa shape index (κ2) is 4.40. The Bertz CT molecular complexity index is 457. The number of carbonyl (C=O) groups excluding carboxylic acids is 1. The molecule has 7 heteroatoms. The number of thiazole rings is 1. The SMILES string of the molecule is CC(C)c1csc(NC(=O)[C@@H]2C[C@@H]2[N+](=O)[O-])n1.